The molecule has 0 aliphatic heterocycles. The molecular formula is C18H13ClN4O2S. The van der Waals surface area contributed by atoms with Crippen molar-refractivity contribution in [2.75, 3.05) is 0 Å². The first kappa shape index (κ1) is 16.7. The molecular weight excluding hydrogens is 372 g/mol. The molecule has 0 bridgehead atoms. The third-order valence-corrected chi connectivity index (χ3v) is 5.92. The summed E-state index contributed by atoms with van der Waals surface area (Å²) >= 11 is 5.92. The van der Waals surface area contributed by atoms with Gasteiger partial charge in [-0.25, -0.2) is 17.4 Å². The highest BCUT2D eigenvalue weighted by Gasteiger charge is 2.21. The van der Waals surface area contributed by atoms with Crippen LogP contribution < -0.4 is 0 Å². The van der Waals surface area contributed by atoms with E-state index in [9.17, 15) is 8.42 Å². The van der Waals surface area contributed by atoms with E-state index in [0.29, 0.717) is 16.6 Å². The van der Waals surface area contributed by atoms with Gasteiger partial charge in [-0.15, -0.1) is 5.10 Å². The third-order valence-electron chi connectivity index (χ3n) is 4.06. The quantitative estimate of drug-likeness (QED) is 0.538. The number of hydrogen-bond donors (Lipinski definition) is 0. The number of aryl methyl sites for hydroxylation is 1. The molecule has 0 radical (unpaired) electrons. The number of halogens is 1. The minimum atomic E-state index is -3.75. The van der Waals surface area contributed by atoms with Crippen LogP contribution in [0.1, 0.15) is 5.56 Å². The summed E-state index contributed by atoms with van der Waals surface area (Å²) in [5.74, 6) is 0. The molecule has 8 heteroatoms. The molecule has 130 valence electrons. The number of rotatable bonds is 3. The predicted octanol–water partition coefficient (Wildman–Crippen LogP) is 3.69. The van der Waals surface area contributed by atoms with Crippen LogP contribution in [0.2, 0.25) is 5.15 Å². The second-order valence-corrected chi connectivity index (χ2v) is 8.00. The van der Waals surface area contributed by atoms with Crippen LogP contribution in [0.4, 0.5) is 0 Å². The van der Waals surface area contributed by atoms with Crippen molar-refractivity contribution in [2.24, 2.45) is 0 Å². The topological polar surface area (TPSA) is 77.7 Å². The van der Waals surface area contributed by atoms with Crippen LogP contribution >= 0.6 is 11.6 Å². The lowest BCUT2D eigenvalue weighted by molar-refractivity contribution is 0.588. The summed E-state index contributed by atoms with van der Waals surface area (Å²) in [6.45, 7) is 1.91. The van der Waals surface area contributed by atoms with E-state index in [1.807, 2.05) is 13.0 Å². The summed E-state index contributed by atoms with van der Waals surface area (Å²) < 4.78 is 27.2. The van der Waals surface area contributed by atoms with Gasteiger partial charge < -0.3 is 0 Å². The Morgan fingerprint density at radius 1 is 1.08 bits per heavy atom. The minimum absolute atomic E-state index is 0.210. The Morgan fingerprint density at radius 3 is 2.58 bits per heavy atom. The second kappa shape index (κ2) is 6.19. The van der Waals surface area contributed by atoms with Crippen LogP contribution in [-0.2, 0) is 10.0 Å². The fourth-order valence-corrected chi connectivity index (χ4v) is 4.20. The first-order valence-corrected chi connectivity index (χ1v) is 9.55. The van der Waals surface area contributed by atoms with E-state index in [2.05, 4.69) is 15.2 Å². The van der Waals surface area contributed by atoms with Gasteiger partial charge in [0.2, 0.25) is 0 Å². The number of benzene rings is 2. The fourth-order valence-electron chi connectivity index (χ4n) is 2.75. The molecule has 0 aliphatic rings. The Balaban J connectivity index is 1.91. The number of nitrogens with zero attached hydrogens (tertiary/aromatic N) is 4. The molecule has 0 amide bonds. The summed E-state index contributed by atoms with van der Waals surface area (Å²) in [6, 6.07) is 13.7. The van der Waals surface area contributed by atoms with Crippen molar-refractivity contribution < 1.29 is 8.42 Å². The lowest BCUT2D eigenvalue weighted by Gasteiger charge is -2.08. The van der Waals surface area contributed by atoms with Gasteiger partial charge >= 0.3 is 0 Å². The van der Waals surface area contributed by atoms with E-state index in [1.54, 1.807) is 48.7 Å². The van der Waals surface area contributed by atoms with Gasteiger partial charge in [-0.3, -0.25) is 0 Å². The standard InChI is InChI=1S/C18H13ClN4O2S/c1-12-5-7-14(8-6-12)26(24,25)23-11-20-18-15(3-2-4-16(18)23)13-9-17(19)22-21-10-13/h2-11H,1H3. The first-order valence-electron chi connectivity index (χ1n) is 7.74. The van der Waals surface area contributed by atoms with Gasteiger partial charge in [0.15, 0.2) is 5.15 Å². The highest BCUT2D eigenvalue weighted by atomic mass is 35.5. The van der Waals surface area contributed by atoms with Crippen LogP contribution in [0.15, 0.2) is 66.0 Å². The van der Waals surface area contributed by atoms with Crippen molar-refractivity contribution in [3.05, 3.63) is 71.8 Å². The molecule has 26 heavy (non-hydrogen) atoms. The van der Waals surface area contributed by atoms with Crippen LogP contribution in [-0.4, -0.2) is 27.6 Å². The van der Waals surface area contributed by atoms with Gasteiger partial charge in [-0.2, -0.15) is 5.10 Å². The van der Waals surface area contributed by atoms with E-state index in [4.69, 9.17) is 11.6 Å². The molecule has 0 spiro atoms. The van der Waals surface area contributed by atoms with E-state index in [0.717, 1.165) is 11.1 Å². The summed E-state index contributed by atoms with van der Waals surface area (Å²) in [5.41, 5.74) is 3.47. The molecule has 0 atom stereocenters. The first-order chi connectivity index (χ1) is 12.5. The Labute approximate surface area is 155 Å². The van der Waals surface area contributed by atoms with Crippen LogP contribution in [0.25, 0.3) is 22.2 Å². The molecule has 0 fully saturated rings. The summed E-state index contributed by atoms with van der Waals surface area (Å²) in [7, 11) is -3.75. The molecule has 2 aromatic heterocycles. The molecule has 0 unspecified atom stereocenters. The van der Waals surface area contributed by atoms with Gasteiger partial charge in [-0.05, 0) is 31.2 Å². The average molecular weight is 385 g/mol. The monoisotopic (exact) mass is 384 g/mol. The molecule has 2 heterocycles. The van der Waals surface area contributed by atoms with Crippen molar-refractivity contribution in [3.8, 4) is 11.1 Å². The number of aromatic nitrogens is 4. The fraction of sp³-hybridized carbons (Fsp3) is 0.0556. The average Bonchev–Trinajstić information content (AvgIpc) is 3.07. The third kappa shape index (κ3) is 2.75. The second-order valence-electron chi connectivity index (χ2n) is 5.80. The molecule has 2 aromatic carbocycles. The molecule has 6 nitrogen and oxygen atoms in total. The highest BCUT2D eigenvalue weighted by Crippen LogP contribution is 2.29. The van der Waals surface area contributed by atoms with Gasteiger partial charge in [-0.1, -0.05) is 41.4 Å². The van der Waals surface area contributed by atoms with Crippen molar-refractivity contribution >= 4 is 32.7 Å². The largest absolute Gasteiger partial charge is 0.269 e. The predicted molar refractivity (Wildman–Crippen MR) is 99.5 cm³/mol. The number of hydrogen-bond acceptors (Lipinski definition) is 5. The van der Waals surface area contributed by atoms with Gasteiger partial charge in [0.1, 0.15) is 6.33 Å². The maximum Gasteiger partial charge on any atom is 0.269 e. The highest BCUT2D eigenvalue weighted by molar-refractivity contribution is 7.90. The number of para-hydroxylation sites is 1. The molecule has 0 aliphatic carbocycles. The van der Waals surface area contributed by atoms with E-state index >= 15 is 0 Å². The maximum absolute atomic E-state index is 13.0. The van der Waals surface area contributed by atoms with Crippen molar-refractivity contribution in [2.45, 2.75) is 11.8 Å². The van der Waals surface area contributed by atoms with Crippen molar-refractivity contribution in [1.29, 1.82) is 0 Å². The normalized spacial score (nSPS) is 11.8. The zero-order valence-corrected chi connectivity index (χ0v) is 15.2. The van der Waals surface area contributed by atoms with Gasteiger partial charge in [0.25, 0.3) is 10.0 Å². The molecule has 0 N–H and O–H groups in total. The van der Waals surface area contributed by atoms with Crippen molar-refractivity contribution in [1.82, 2.24) is 19.2 Å². The van der Waals surface area contributed by atoms with E-state index in [-0.39, 0.29) is 10.0 Å². The SMILES string of the molecule is Cc1ccc(S(=O)(=O)n2cnc3c(-c4cnnc(Cl)c4)cccc32)cc1. The lowest BCUT2D eigenvalue weighted by atomic mass is 10.1. The molecule has 4 aromatic rings. The van der Waals surface area contributed by atoms with E-state index in [1.165, 1.54) is 10.3 Å². The van der Waals surface area contributed by atoms with Crippen molar-refractivity contribution in [3.63, 3.8) is 0 Å². The van der Waals surface area contributed by atoms with Crippen LogP contribution in [0, 0.1) is 6.92 Å². The summed E-state index contributed by atoms with van der Waals surface area (Å²) in [6.07, 6.45) is 2.88. The zero-order chi connectivity index (χ0) is 18.3. The molecule has 0 saturated heterocycles. The summed E-state index contributed by atoms with van der Waals surface area (Å²) in [5, 5.41) is 7.83. The van der Waals surface area contributed by atoms with Crippen LogP contribution in [0.5, 0.6) is 0 Å². The Kier molecular flexibility index (Phi) is 3.97. The van der Waals surface area contributed by atoms with Gasteiger partial charge in [0, 0.05) is 11.1 Å². The Hall–Kier alpha value is -2.77. The summed E-state index contributed by atoms with van der Waals surface area (Å²) in [4.78, 5) is 4.54. The van der Waals surface area contributed by atoms with Crippen LogP contribution in [0.3, 0.4) is 0 Å². The minimum Gasteiger partial charge on any atom is -0.235 e. The molecule has 4 rings (SSSR count). The van der Waals surface area contributed by atoms with Gasteiger partial charge in [0.05, 0.1) is 22.1 Å². The lowest BCUT2D eigenvalue weighted by Crippen LogP contribution is -2.11. The maximum atomic E-state index is 13.0. The number of fused-ring (bicyclic) bond motifs is 1. The number of imidazole rings is 1. The van der Waals surface area contributed by atoms with E-state index < -0.39 is 10.0 Å². The Bertz CT molecular complexity index is 1220. The molecule has 0 saturated carbocycles. The zero-order valence-electron chi connectivity index (χ0n) is 13.7. The Morgan fingerprint density at radius 2 is 1.85 bits per heavy atom. The smallest absolute Gasteiger partial charge is 0.235 e.